The van der Waals surface area contributed by atoms with Gasteiger partial charge in [0.15, 0.2) is 0 Å². The molecule has 0 radical (unpaired) electrons. The molecule has 1 fully saturated rings. The first kappa shape index (κ1) is 15.7. The minimum atomic E-state index is -2.81. The summed E-state index contributed by atoms with van der Waals surface area (Å²) in [7, 11) is 0. The van der Waals surface area contributed by atoms with Crippen LogP contribution >= 0.6 is 0 Å². The maximum Gasteiger partial charge on any atom is 0.387 e. The molecule has 4 nitrogen and oxygen atoms in total. The molecular weight excluding hydrogens is 278 g/mol. The van der Waals surface area contributed by atoms with Gasteiger partial charge in [-0.05, 0) is 37.5 Å². The van der Waals surface area contributed by atoms with Crippen LogP contribution in [0.15, 0.2) is 24.3 Å². The number of piperidine rings is 1. The smallest absolute Gasteiger partial charge is 0.387 e. The molecule has 0 aromatic heterocycles. The van der Waals surface area contributed by atoms with Crippen LogP contribution in [0.25, 0.3) is 0 Å². The molecule has 2 atom stereocenters. The normalized spacial score (nSPS) is 23.2. The SMILES string of the molecule is C[C@@H]1CC[C@H](C(N)=O)CN1Cc1ccc(OC(F)F)cc1. The van der Waals surface area contributed by atoms with Crippen LogP contribution in [0.2, 0.25) is 0 Å². The molecule has 6 heteroatoms. The molecule has 0 spiro atoms. The number of hydrogen-bond donors (Lipinski definition) is 1. The summed E-state index contributed by atoms with van der Waals surface area (Å²) in [5.41, 5.74) is 6.38. The second kappa shape index (κ2) is 6.85. The molecule has 1 aliphatic heterocycles. The largest absolute Gasteiger partial charge is 0.435 e. The van der Waals surface area contributed by atoms with Crippen LogP contribution in [0, 0.1) is 5.92 Å². The first-order valence-corrected chi connectivity index (χ1v) is 7.03. The Morgan fingerprint density at radius 3 is 2.62 bits per heavy atom. The number of carbonyl (C=O) groups excluding carboxylic acids is 1. The van der Waals surface area contributed by atoms with Crippen LogP contribution in [0.1, 0.15) is 25.3 Å². The van der Waals surface area contributed by atoms with E-state index in [2.05, 4.69) is 16.6 Å². The van der Waals surface area contributed by atoms with Crippen molar-refractivity contribution in [2.24, 2.45) is 11.7 Å². The van der Waals surface area contributed by atoms with Crippen LogP contribution in [0.4, 0.5) is 8.78 Å². The quantitative estimate of drug-likeness (QED) is 0.908. The minimum absolute atomic E-state index is 0.109. The Labute approximate surface area is 122 Å². The van der Waals surface area contributed by atoms with Gasteiger partial charge >= 0.3 is 6.61 Å². The van der Waals surface area contributed by atoms with Crippen LogP contribution in [0.5, 0.6) is 5.75 Å². The average Bonchev–Trinajstić information content (AvgIpc) is 2.42. The summed E-state index contributed by atoms with van der Waals surface area (Å²) in [6.07, 6.45) is 1.76. The monoisotopic (exact) mass is 298 g/mol. The molecule has 1 heterocycles. The summed E-state index contributed by atoms with van der Waals surface area (Å²) >= 11 is 0. The summed E-state index contributed by atoms with van der Waals surface area (Å²) in [6, 6.07) is 6.96. The molecule has 0 aliphatic carbocycles. The minimum Gasteiger partial charge on any atom is -0.435 e. The third kappa shape index (κ3) is 4.39. The summed E-state index contributed by atoms with van der Waals surface area (Å²) in [5.74, 6) is -0.217. The molecule has 1 amide bonds. The van der Waals surface area contributed by atoms with Gasteiger partial charge in [-0.1, -0.05) is 12.1 Å². The maximum atomic E-state index is 12.1. The predicted octanol–water partition coefficient (Wildman–Crippen LogP) is 2.37. The van der Waals surface area contributed by atoms with Crippen LogP contribution in [-0.4, -0.2) is 30.0 Å². The lowest BCUT2D eigenvalue weighted by Gasteiger charge is -2.36. The van der Waals surface area contributed by atoms with E-state index < -0.39 is 6.61 Å². The van der Waals surface area contributed by atoms with E-state index >= 15 is 0 Å². The van der Waals surface area contributed by atoms with E-state index in [-0.39, 0.29) is 17.6 Å². The van der Waals surface area contributed by atoms with E-state index in [1.165, 1.54) is 12.1 Å². The molecule has 1 aliphatic rings. The van der Waals surface area contributed by atoms with Crippen molar-refractivity contribution in [3.63, 3.8) is 0 Å². The molecule has 0 bridgehead atoms. The molecule has 1 saturated heterocycles. The lowest BCUT2D eigenvalue weighted by Crippen LogP contribution is -2.45. The standard InChI is InChI=1S/C15H20F2N2O2/c1-10-2-5-12(14(18)20)9-19(10)8-11-3-6-13(7-4-11)21-15(16)17/h3-4,6-7,10,12,15H,2,5,8-9H2,1H3,(H2,18,20)/t10-,12+/m1/s1. The Balaban J connectivity index is 1.97. The second-order valence-corrected chi connectivity index (χ2v) is 5.48. The van der Waals surface area contributed by atoms with Gasteiger partial charge in [0.2, 0.25) is 5.91 Å². The predicted molar refractivity (Wildman–Crippen MR) is 74.9 cm³/mol. The van der Waals surface area contributed by atoms with Crippen molar-refractivity contribution in [2.45, 2.75) is 39.0 Å². The van der Waals surface area contributed by atoms with E-state index in [9.17, 15) is 13.6 Å². The first-order valence-electron chi connectivity index (χ1n) is 7.03. The molecule has 116 valence electrons. The number of halogens is 2. The van der Waals surface area contributed by atoms with Gasteiger partial charge in [-0.3, -0.25) is 9.69 Å². The van der Waals surface area contributed by atoms with Crippen LogP contribution < -0.4 is 10.5 Å². The third-order valence-electron chi connectivity index (χ3n) is 3.95. The topological polar surface area (TPSA) is 55.6 Å². The van der Waals surface area contributed by atoms with Crippen molar-refractivity contribution >= 4 is 5.91 Å². The van der Waals surface area contributed by atoms with Gasteiger partial charge in [-0.15, -0.1) is 0 Å². The van der Waals surface area contributed by atoms with Crippen molar-refractivity contribution in [3.05, 3.63) is 29.8 Å². The Kier molecular flexibility index (Phi) is 5.12. The average molecular weight is 298 g/mol. The third-order valence-corrected chi connectivity index (χ3v) is 3.95. The second-order valence-electron chi connectivity index (χ2n) is 5.48. The number of nitrogens with zero attached hydrogens (tertiary/aromatic N) is 1. The number of amides is 1. The van der Waals surface area contributed by atoms with Crippen LogP contribution in [0.3, 0.4) is 0 Å². The summed E-state index contributed by atoms with van der Waals surface area (Å²) in [4.78, 5) is 13.5. The van der Waals surface area contributed by atoms with E-state index in [0.29, 0.717) is 19.1 Å². The van der Waals surface area contributed by atoms with Crippen molar-refractivity contribution in [2.75, 3.05) is 6.54 Å². The van der Waals surface area contributed by atoms with Gasteiger partial charge in [0.25, 0.3) is 0 Å². The van der Waals surface area contributed by atoms with Crippen molar-refractivity contribution in [1.29, 1.82) is 0 Å². The number of hydrogen-bond acceptors (Lipinski definition) is 3. The molecule has 2 rings (SSSR count). The van der Waals surface area contributed by atoms with Crippen molar-refractivity contribution < 1.29 is 18.3 Å². The van der Waals surface area contributed by atoms with Gasteiger partial charge in [0.1, 0.15) is 5.75 Å². The number of benzene rings is 1. The molecule has 1 aromatic rings. The van der Waals surface area contributed by atoms with Gasteiger partial charge in [0.05, 0.1) is 5.92 Å². The molecular formula is C15H20F2N2O2. The number of ether oxygens (including phenoxy) is 1. The summed E-state index contributed by atoms with van der Waals surface area (Å²) in [6.45, 7) is 0.617. The van der Waals surface area contributed by atoms with Crippen LogP contribution in [-0.2, 0) is 11.3 Å². The summed E-state index contributed by atoms with van der Waals surface area (Å²) < 4.78 is 28.5. The van der Waals surface area contributed by atoms with Gasteiger partial charge in [-0.25, -0.2) is 0 Å². The number of alkyl halides is 2. The highest BCUT2D eigenvalue weighted by atomic mass is 19.3. The Morgan fingerprint density at radius 1 is 1.38 bits per heavy atom. The Hall–Kier alpha value is -1.69. The fourth-order valence-electron chi connectivity index (χ4n) is 2.64. The highest BCUT2D eigenvalue weighted by molar-refractivity contribution is 5.76. The zero-order chi connectivity index (χ0) is 15.4. The van der Waals surface area contributed by atoms with E-state index in [1.807, 2.05) is 0 Å². The lowest BCUT2D eigenvalue weighted by molar-refractivity contribution is -0.124. The lowest BCUT2D eigenvalue weighted by atomic mass is 9.92. The van der Waals surface area contributed by atoms with Crippen molar-refractivity contribution in [1.82, 2.24) is 4.90 Å². The maximum absolute atomic E-state index is 12.1. The summed E-state index contributed by atoms with van der Waals surface area (Å²) in [5, 5.41) is 0. The highest BCUT2D eigenvalue weighted by Gasteiger charge is 2.28. The molecule has 21 heavy (non-hydrogen) atoms. The zero-order valence-corrected chi connectivity index (χ0v) is 12.0. The Bertz CT molecular complexity index is 479. The van der Waals surface area contributed by atoms with E-state index in [4.69, 9.17) is 5.73 Å². The Morgan fingerprint density at radius 2 is 2.05 bits per heavy atom. The molecule has 0 saturated carbocycles. The fourth-order valence-corrected chi connectivity index (χ4v) is 2.64. The molecule has 0 unspecified atom stereocenters. The van der Waals surface area contributed by atoms with Crippen molar-refractivity contribution in [3.8, 4) is 5.75 Å². The number of rotatable bonds is 5. The van der Waals surface area contributed by atoms with E-state index in [1.54, 1.807) is 12.1 Å². The molecule has 1 aromatic carbocycles. The molecule has 2 N–H and O–H groups in total. The number of carbonyl (C=O) groups is 1. The highest BCUT2D eigenvalue weighted by Crippen LogP contribution is 2.24. The number of likely N-dealkylation sites (tertiary alicyclic amines) is 1. The first-order chi connectivity index (χ1) is 9.95. The number of nitrogens with two attached hydrogens (primary N) is 1. The number of primary amides is 1. The van der Waals surface area contributed by atoms with Gasteiger partial charge in [-0.2, -0.15) is 8.78 Å². The zero-order valence-electron chi connectivity index (χ0n) is 12.0. The van der Waals surface area contributed by atoms with E-state index in [0.717, 1.165) is 18.4 Å². The van der Waals surface area contributed by atoms with Gasteiger partial charge < -0.3 is 10.5 Å². The fraction of sp³-hybridized carbons (Fsp3) is 0.533. The van der Waals surface area contributed by atoms with Gasteiger partial charge in [0, 0.05) is 19.1 Å².